The van der Waals surface area contributed by atoms with Gasteiger partial charge in [-0.15, -0.1) is 0 Å². The first kappa shape index (κ1) is 30.7. The Morgan fingerprint density at radius 3 is 2.44 bits per heavy atom. The van der Waals surface area contributed by atoms with Crippen molar-refractivity contribution in [2.24, 2.45) is 4.99 Å². The second kappa shape index (κ2) is 14.1. The summed E-state index contributed by atoms with van der Waals surface area (Å²) in [6.45, 7) is 2.90. The molecule has 2 atom stereocenters. The monoisotopic (exact) mass is 642 g/mol. The van der Waals surface area contributed by atoms with Gasteiger partial charge in [-0.2, -0.15) is 0 Å². The molecule has 1 heterocycles. The van der Waals surface area contributed by atoms with Gasteiger partial charge >= 0.3 is 0 Å². The third kappa shape index (κ3) is 7.36. The summed E-state index contributed by atoms with van der Waals surface area (Å²) in [7, 11) is -3.71. The van der Waals surface area contributed by atoms with Gasteiger partial charge in [-0.05, 0) is 48.9 Å². The predicted molar refractivity (Wildman–Crippen MR) is 162 cm³/mol. The van der Waals surface area contributed by atoms with Crippen LogP contribution in [0.3, 0.4) is 0 Å². The van der Waals surface area contributed by atoms with Gasteiger partial charge in [0.15, 0.2) is 21.5 Å². The molecule has 0 spiro atoms. The Balaban J connectivity index is 1.75. The van der Waals surface area contributed by atoms with E-state index in [1.807, 2.05) is 31.2 Å². The molecule has 1 aliphatic heterocycles. The van der Waals surface area contributed by atoms with E-state index in [1.54, 1.807) is 54.6 Å². The quantitative estimate of drug-likeness (QED) is 0.232. The van der Waals surface area contributed by atoms with Crippen molar-refractivity contribution in [3.05, 3.63) is 94.5 Å². The molecule has 0 radical (unpaired) electrons. The van der Waals surface area contributed by atoms with E-state index >= 15 is 0 Å². The van der Waals surface area contributed by atoms with Crippen molar-refractivity contribution in [3.63, 3.8) is 0 Å². The molecule has 8 nitrogen and oxygen atoms in total. The van der Waals surface area contributed by atoms with Crippen LogP contribution in [0, 0.1) is 0 Å². The maximum atomic E-state index is 14.0. The van der Waals surface area contributed by atoms with Crippen LogP contribution in [0.2, 0.25) is 0 Å². The zero-order chi connectivity index (χ0) is 29.3. The van der Waals surface area contributed by atoms with Gasteiger partial charge in [0.2, 0.25) is 5.90 Å². The molecular formula is C31H35BrN2O6S. The molecule has 10 heteroatoms. The van der Waals surface area contributed by atoms with Crippen LogP contribution < -0.4 is 10.1 Å². The van der Waals surface area contributed by atoms with Gasteiger partial charge in [-0.1, -0.05) is 65.7 Å². The first-order valence-electron chi connectivity index (χ1n) is 13.7. The molecule has 2 N–H and O–H groups in total. The van der Waals surface area contributed by atoms with Crippen molar-refractivity contribution in [2.45, 2.75) is 49.1 Å². The Labute approximate surface area is 249 Å². The van der Waals surface area contributed by atoms with Crippen molar-refractivity contribution in [1.82, 2.24) is 5.32 Å². The maximum absolute atomic E-state index is 14.0. The van der Waals surface area contributed by atoms with E-state index in [2.05, 4.69) is 21.2 Å². The number of unbranched alkanes of at least 4 members (excludes halogenated alkanes) is 1. The number of amides is 1. The number of nitrogens with zero attached hydrogens (tertiary/aromatic N) is 1. The first-order valence-corrected chi connectivity index (χ1v) is 16.2. The normalized spacial score (nSPS) is 18.4. The number of hydrogen-bond acceptors (Lipinski definition) is 7. The third-order valence-electron chi connectivity index (χ3n) is 6.89. The summed E-state index contributed by atoms with van der Waals surface area (Å²) in [5.74, 6) is 0.196. The van der Waals surface area contributed by atoms with Crippen LogP contribution in [0.15, 0.2) is 93.2 Å². The fraction of sp³-hybridized carbons (Fsp3) is 0.355. The number of rotatable bonds is 14. The molecule has 3 aromatic carbocycles. The third-order valence-corrected chi connectivity index (χ3v) is 9.34. The number of carbonyl (C=O) groups is 1. The lowest BCUT2D eigenvalue weighted by Gasteiger charge is -2.31. The SMILES string of the molecule is CCCCNC(=O)[C@]1(CCS(=O)(=O)c2ccccc2)N=C(c2ccc(OCCCO)cc2)O[C@@H]1c1ccccc1Br. The fourth-order valence-corrected chi connectivity index (χ4v) is 6.48. The molecule has 1 aliphatic rings. The fourth-order valence-electron chi connectivity index (χ4n) is 4.60. The Kier molecular flexibility index (Phi) is 10.6. The van der Waals surface area contributed by atoms with Crippen LogP contribution in [0.1, 0.15) is 49.8 Å². The minimum absolute atomic E-state index is 0.0432. The standard InChI is InChI=1S/C31H35BrN2O6S/c1-2-3-19-33-30(36)31(18-22-41(37,38)25-10-5-4-6-11-25)28(26-12-7-8-13-27(26)32)40-29(34-31)23-14-16-24(17-15-23)39-21-9-20-35/h4-8,10-17,28,35H,2-3,9,18-22H2,1H3,(H,33,36)/t28-,31-/m1/s1. The Hall–Kier alpha value is -3.21. The number of aliphatic hydroxyl groups is 1. The molecule has 41 heavy (non-hydrogen) atoms. The van der Waals surface area contributed by atoms with Gasteiger partial charge in [0, 0.05) is 41.6 Å². The lowest BCUT2D eigenvalue weighted by atomic mass is 9.85. The molecule has 0 aliphatic carbocycles. The van der Waals surface area contributed by atoms with Crippen molar-refractivity contribution in [3.8, 4) is 5.75 Å². The maximum Gasteiger partial charge on any atom is 0.252 e. The molecule has 3 aromatic rings. The second-order valence-corrected chi connectivity index (χ2v) is 12.8. The largest absolute Gasteiger partial charge is 0.494 e. The van der Waals surface area contributed by atoms with Crippen LogP contribution in [0.25, 0.3) is 0 Å². The number of halogens is 1. The smallest absolute Gasteiger partial charge is 0.252 e. The summed E-state index contributed by atoms with van der Waals surface area (Å²) < 4.78 is 39.6. The van der Waals surface area contributed by atoms with Gasteiger partial charge in [-0.3, -0.25) is 4.79 Å². The number of hydrogen-bond donors (Lipinski definition) is 2. The van der Waals surface area contributed by atoms with E-state index in [9.17, 15) is 13.2 Å². The first-order chi connectivity index (χ1) is 19.8. The molecule has 218 valence electrons. The molecule has 0 bridgehead atoms. The Morgan fingerprint density at radius 2 is 1.76 bits per heavy atom. The molecule has 0 saturated carbocycles. The number of aliphatic imine (C=N–C) groups is 1. The summed E-state index contributed by atoms with van der Waals surface area (Å²) in [5, 5.41) is 12.0. The molecular weight excluding hydrogens is 608 g/mol. The van der Waals surface area contributed by atoms with Crippen LogP contribution >= 0.6 is 15.9 Å². The topological polar surface area (TPSA) is 114 Å². The minimum Gasteiger partial charge on any atom is -0.494 e. The minimum atomic E-state index is -3.71. The number of aliphatic hydroxyl groups excluding tert-OH is 1. The van der Waals surface area contributed by atoms with E-state index in [4.69, 9.17) is 19.6 Å². The second-order valence-electron chi connectivity index (χ2n) is 9.80. The molecule has 0 unspecified atom stereocenters. The van der Waals surface area contributed by atoms with Crippen molar-refractivity contribution < 1.29 is 27.8 Å². The zero-order valence-electron chi connectivity index (χ0n) is 23.0. The number of benzene rings is 3. The molecule has 0 saturated heterocycles. The van der Waals surface area contributed by atoms with E-state index in [0.29, 0.717) is 36.4 Å². The highest BCUT2D eigenvalue weighted by atomic mass is 79.9. The van der Waals surface area contributed by atoms with Crippen LogP contribution in [-0.4, -0.2) is 56.4 Å². The van der Waals surface area contributed by atoms with Crippen LogP contribution in [0.4, 0.5) is 0 Å². The number of carbonyl (C=O) groups excluding carboxylic acids is 1. The highest BCUT2D eigenvalue weighted by molar-refractivity contribution is 9.10. The van der Waals surface area contributed by atoms with Gasteiger partial charge in [-0.25, -0.2) is 13.4 Å². The summed E-state index contributed by atoms with van der Waals surface area (Å²) in [6.07, 6.45) is 1.23. The lowest BCUT2D eigenvalue weighted by molar-refractivity contribution is -0.129. The van der Waals surface area contributed by atoms with Crippen LogP contribution in [-0.2, 0) is 19.4 Å². The Morgan fingerprint density at radius 1 is 1.05 bits per heavy atom. The molecule has 0 aromatic heterocycles. The van der Waals surface area contributed by atoms with Gasteiger partial charge in [0.05, 0.1) is 17.3 Å². The summed E-state index contributed by atoms with van der Waals surface area (Å²) in [6, 6.07) is 22.8. The Bertz CT molecular complexity index is 1450. The van der Waals surface area contributed by atoms with E-state index in [-0.39, 0.29) is 35.5 Å². The predicted octanol–water partition coefficient (Wildman–Crippen LogP) is 5.25. The zero-order valence-corrected chi connectivity index (χ0v) is 25.4. The molecule has 4 rings (SSSR count). The molecule has 1 amide bonds. The summed E-state index contributed by atoms with van der Waals surface area (Å²) in [5.41, 5.74) is -0.214. The number of sulfone groups is 1. The van der Waals surface area contributed by atoms with Gasteiger partial charge < -0.3 is 19.9 Å². The van der Waals surface area contributed by atoms with Gasteiger partial charge in [0.25, 0.3) is 5.91 Å². The van der Waals surface area contributed by atoms with Crippen molar-refractivity contribution in [1.29, 1.82) is 0 Å². The average Bonchev–Trinajstić information content (AvgIpc) is 3.38. The summed E-state index contributed by atoms with van der Waals surface area (Å²) >= 11 is 3.60. The highest BCUT2D eigenvalue weighted by Gasteiger charge is 2.54. The van der Waals surface area contributed by atoms with E-state index < -0.39 is 21.5 Å². The van der Waals surface area contributed by atoms with Crippen molar-refractivity contribution in [2.75, 3.05) is 25.5 Å². The highest BCUT2D eigenvalue weighted by Crippen LogP contribution is 2.45. The summed E-state index contributed by atoms with van der Waals surface area (Å²) in [4.78, 5) is 19.1. The van der Waals surface area contributed by atoms with Crippen molar-refractivity contribution >= 4 is 37.6 Å². The average molecular weight is 644 g/mol. The van der Waals surface area contributed by atoms with Gasteiger partial charge in [0.1, 0.15) is 5.75 Å². The van der Waals surface area contributed by atoms with E-state index in [1.165, 1.54) is 0 Å². The number of ether oxygens (including phenoxy) is 2. The lowest BCUT2D eigenvalue weighted by Crippen LogP contribution is -2.49. The van der Waals surface area contributed by atoms with E-state index in [0.717, 1.165) is 17.3 Å². The number of nitrogens with one attached hydrogen (secondary N) is 1. The molecule has 0 fully saturated rings. The van der Waals surface area contributed by atoms with Crippen LogP contribution in [0.5, 0.6) is 5.75 Å².